The Kier molecular flexibility index (Phi) is 5.87. The smallest absolute Gasteiger partial charge is 0.00156 e. The van der Waals surface area contributed by atoms with Crippen LogP contribution < -0.4 is 0 Å². The van der Waals surface area contributed by atoms with Gasteiger partial charge in [0.25, 0.3) is 0 Å². The number of nitrogens with zero attached hydrogens (tertiary/aromatic N) is 1. The van der Waals surface area contributed by atoms with Crippen molar-refractivity contribution in [3.05, 3.63) is 35.4 Å². The standard InChI is InChI=1S/C20H33N/c1-17-7-5-14-21(16-13-17)15-6-8-18-9-11-19(12-10-18)20(2,3)4/h9-12,17H,5-8,13-16H2,1-4H3. The summed E-state index contributed by atoms with van der Waals surface area (Å²) in [5.41, 5.74) is 3.19. The number of aryl methyl sites for hydroxylation is 1. The SMILES string of the molecule is CC1CCCN(CCCc2ccc(C(C)(C)C)cc2)CC1. The molecule has 0 bridgehead atoms. The van der Waals surface area contributed by atoms with Gasteiger partial charge < -0.3 is 4.90 Å². The number of benzene rings is 1. The van der Waals surface area contributed by atoms with E-state index in [2.05, 4.69) is 56.9 Å². The molecule has 1 heterocycles. The summed E-state index contributed by atoms with van der Waals surface area (Å²) in [6.45, 7) is 13.1. The van der Waals surface area contributed by atoms with Crippen LogP contribution in [-0.4, -0.2) is 24.5 Å². The molecule has 0 aliphatic carbocycles. The summed E-state index contributed by atoms with van der Waals surface area (Å²) >= 11 is 0. The van der Waals surface area contributed by atoms with Crippen LogP contribution in [0.15, 0.2) is 24.3 Å². The topological polar surface area (TPSA) is 3.24 Å². The van der Waals surface area contributed by atoms with Crippen LogP contribution in [0.5, 0.6) is 0 Å². The molecule has 118 valence electrons. The minimum atomic E-state index is 0.265. The molecule has 0 saturated carbocycles. The molecule has 1 aromatic rings. The number of likely N-dealkylation sites (tertiary alicyclic amines) is 1. The van der Waals surface area contributed by atoms with Crippen LogP contribution in [0.4, 0.5) is 0 Å². The molecule has 1 aliphatic heterocycles. The van der Waals surface area contributed by atoms with Gasteiger partial charge in [0, 0.05) is 0 Å². The van der Waals surface area contributed by atoms with Gasteiger partial charge in [-0.25, -0.2) is 0 Å². The predicted octanol–water partition coefficient (Wildman–Crippen LogP) is 5.04. The van der Waals surface area contributed by atoms with Gasteiger partial charge in [-0.15, -0.1) is 0 Å². The average Bonchev–Trinajstić information content (AvgIpc) is 2.63. The molecule has 21 heavy (non-hydrogen) atoms. The number of hydrogen-bond acceptors (Lipinski definition) is 1. The van der Waals surface area contributed by atoms with Crippen LogP contribution in [0.3, 0.4) is 0 Å². The fourth-order valence-electron chi connectivity index (χ4n) is 3.22. The minimum absolute atomic E-state index is 0.265. The van der Waals surface area contributed by atoms with E-state index in [1.54, 1.807) is 0 Å². The predicted molar refractivity (Wildman–Crippen MR) is 92.9 cm³/mol. The summed E-state index contributed by atoms with van der Waals surface area (Å²) in [5, 5.41) is 0. The van der Waals surface area contributed by atoms with Gasteiger partial charge in [0.1, 0.15) is 0 Å². The molecule has 1 nitrogen and oxygen atoms in total. The number of hydrogen-bond donors (Lipinski definition) is 0. The molecular weight excluding hydrogens is 254 g/mol. The lowest BCUT2D eigenvalue weighted by Gasteiger charge is -2.20. The lowest BCUT2D eigenvalue weighted by Crippen LogP contribution is -2.26. The fourth-order valence-corrected chi connectivity index (χ4v) is 3.22. The Morgan fingerprint density at radius 2 is 1.76 bits per heavy atom. The quantitative estimate of drug-likeness (QED) is 0.750. The Labute approximate surface area is 131 Å². The van der Waals surface area contributed by atoms with Crippen LogP contribution in [0.1, 0.15) is 64.5 Å². The Balaban J connectivity index is 1.75. The molecule has 1 atom stereocenters. The Hall–Kier alpha value is -0.820. The van der Waals surface area contributed by atoms with E-state index in [0.29, 0.717) is 0 Å². The monoisotopic (exact) mass is 287 g/mol. The molecule has 1 saturated heterocycles. The molecule has 0 N–H and O–H groups in total. The minimum Gasteiger partial charge on any atom is -0.303 e. The van der Waals surface area contributed by atoms with Crippen molar-refractivity contribution in [3.63, 3.8) is 0 Å². The second-order valence-electron chi connectivity index (χ2n) is 7.93. The largest absolute Gasteiger partial charge is 0.303 e. The molecule has 0 aromatic heterocycles. The molecule has 1 aromatic carbocycles. The van der Waals surface area contributed by atoms with Gasteiger partial charge in [0.2, 0.25) is 0 Å². The lowest BCUT2D eigenvalue weighted by molar-refractivity contribution is 0.278. The van der Waals surface area contributed by atoms with Crippen molar-refractivity contribution in [1.82, 2.24) is 4.90 Å². The highest BCUT2D eigenvalue weighted by atomic mass is 15.1. The Morgan fingerprint density at radius 3 is 2.43 bits per heavy atom. The van der Waals surface area contributed by atoms with Crippen molar-refractivity contribution in [2.75, 3.05) is 19.6 Å². The molecule has 1 aliphatic rings. The second kappa shape index (κ2) is 7.45. The van der Waals surface area contributed by atoms with E-state index in [1.807, 2.05) is 0 Å². The molecule has 0 amide bonds. The highest BCUT2D eigenvalue weighted by molar-refractivity contribution is 5.27. The van der Waals surface area contributed by atoms with Crippen molar-refractivity contribution in [2.24, 2.45) is 5.92 Å². The van der Waals surface area contributed by atoms with E-state index in [-0.39, 0.29) is 5.41 Å². The third-order valence-electron chi connectivity index (χ3n) is 4.87. The van der Waals surface area contributed by atoms with E-state index in [0.717, 1.165) is 5.92 Å². The Bertz CT molecular complexity index is 412. The third kappa shape index (κ3) is 5.47. The van der Waals surface area contributed by atoms with Gasteiger partial charge in [-0.1, -0.05) is 52.0 Å². The molecule has 2 rings (SSSR count). The van der Waals surface area contributed by atoms with E-state index >= 15 is 0 Å². The van der Waals surface area contributed by atoms with Crippen LogP contribution in [0, 0.1) is 5.92 Å². The maximum Gasteiger partial charge on any atom is -0.00156 e. The van der Waals surface area contributed by atoms with Crippen LogP contribution in [0.25, 0.3) is 0 Å². The van der Waals surface area contributed by atoms with Crippen molar-refractivity contribution in [1.29, 1.82) is 0 Å². The zero-order valence-corrected chi connectivity index (χ0v) is 14.5. The van der Waals surface area contributed by atoms with Crippen LogP contribution >= 0.6 is 0 Å². The van der Waals surface area contributed by atoms with E-state index in [1.165, 1.54) is 62.9 Å². The van der Waals surface area contributed by atoms with Gasteiger partial charge in [-0.3, -0.25) is 0 Å². The Morgan fingerprint density at radius 1 is 1.05 bits per heavy atom. The number of rotatable bonds is 4. The summed E-state index contributed by atoms with van der Waals surface area (Å²) in [5.74, 6) is 0.931. The van der Waals surface area contributed by atoms with Gasteiger partial charge >= 0.3 is 0 Å². The van der Waals surface area contributed by atoms with Crippen molar-refractivity contribution in [3.8, 4) is 0 Å². The van der Waals surface area contributed by atoms with Crippen LogP contribution in [-0.2, 0) is 11.8 Å². The van der Waals surface area contributed by atoms with Crippen molar-refractivity contribution >= 4 is 0 Å². The lowest BCUT2D eigenvalue weighted by atomic mass is 9.86. The molecule has 0 spiro atoms. The molecule has 0 radical (unpaired) electrons. The van der Waals surface area contributed by atoms with Gasteiger partial charge in [-0.05, 0) is 74.2 Å². The zero-order chi connectivity index (χ0) is 15.3. The van der Waals surface area contributed by atoms with Gasteiger partial charge in [0.05, 0.1) is 0 Å². The van der Waals surface area contributed by atoms with Gasteiger partial charge in [-0.2, -0.15) is 0 Å². The molecule has 1 heteroatoms. The van der Waals surface area contributed by atoms with Gasteiger partial charge in [0.15, 0.2) is 0 Å². The second-order valence-corrected chi connectivity index (χ2v) is 7.93. The van der Waals surface area contributed by atoms with E-state index < -0.39 is 0 Å². The highest BCUT2D eigenvalue weighted by Crippen LogP contribution is 2.22. The molecule has 1 unspecified atom stereocenters. The summed E-state index contributed by atoms with van der Waals surface area (Å²) in [6.07, 6.45) is 6.71. The van der Waals surface area contributed by atoms with Crippen molar-refractivity contribution < 1.29 is 0 Å². The first-order valence-electron chi connectivity index (χ1n) is 8.77. The third-order valence-corrected chi connectivity index (χ3v) is 4.87. The summed E-state index contributed by atoms with van der Waals surface area (Å²) in [6, 6.07) is 9.27. The molecule has 1 fully saturated rings. The summed E-state index contributed by atoms with van der Waals surface area (Å²) < 4.78 is 0. The average molecular weight is 287 g/mol. The van der Waals surface area contributed by atoms with E-state index in [9.17, 15) is 0 Å². The highest BCUT2D eigenvalue weighted by Gasteiger charge is 2.14. The summed E-state index contributed by atoms with van der Waals surface area (Å²) in [4.78, 5) is 2.67. The normalized spacial score (nSPS) is 21.2. The summed E-state index contributed by atoms with van der Waals surface area (Å²) in [7, 11) is 0. The first kappa shape index (κ1) is 16.5. The fraction of sp³-hybridized carbons (Fsp3) is 0.700. The van der Waals surface area contributed by atoms with Crippen LogP contribution in [0.2, 0.25) is 0 Å². The molecular formula is C20H33N. The maximum absolute atomic E-state index is 2.67. The van der Waals surface area contributed by atoms with Crippen molar-refractivity contribution in [2.45, 2.75) is 65.2 Å². The van der Waals surface area contributed by atoms with E-state index in [4.69, 9.17) is 0 Å². The first-order chi connectivity index (χ1) is 9.95. The maximum atomic E-state index is 2.67. The first-order valence-corrected chi connectivity index (χ1v) is 8.77. The zero-order valence-electron chi connectivity index (χ0n) is 14.5.